The fourth-order valence-electron chi connectivity index (χ4n) is 4.38. The number of anilines is 1. The van der Waals surface area contributed by atoms with E-state index < -0.39 is 58.8 Å². The predicted octanol–water partition coefficient (Wildman–Crippen LogP) is 7.85. The van der Waals surface area contributed by atoms with Crippen molar-refractivity contribution >= 4 is 35.1 Å². The molecule has 0 aromatic heterocycles. The number of carbonyl (C=O) groups excluding carboxylic acids is 3. The number of hydrogen-bond acceptors (Lipinski definition) is 4. The van der Waals surface area contributed by atoms with Gasteiger partial charge in [0.2, 0.25) is 0 Å². The van der Waals surface area contributed by atoms with Gasteiger partial charge < -0.3 is 15.4 Å². The number of amides is 2. The highest BCUT2D eigenvalue weighted by Gasteiger charge is 2.39. The van der Waals surface area contributed by atoms with Gasteiger partial charge in [0.1, 0.15) is 11.9 Å². The van der Waals surface area contributed by atoms with Crippen molar-refractivity contribution in [2.45, 2.75) is 24.8 Å². The Kier molecular flexibility index (Phi) is 10.1. The molecular weight excluding hydrogens is 645 g/mol. The molecule has 0 unspecified atom stereocenters. The molecule has 0 radical (unpaired) electrons. The number of halogens is 8. The lowest BCUT2D eigenvalue weighted by Crippen LogP contribution is -2.43. The van der Waals surface area contributed by atoms with E-state index >= 15 is 0 Å². The Hall–Kier alpha value is -4.91. The molecule has 0 saturated heterocycles. The number of ether oxygens (including phenoxy) is 1. The number of nitrogens with one attached hydrogen (secondary N) is 2. The van der Waals surface area contributed by atoms with Crippen molar-refractivity contribution in [1.29, 1.82) is 0 Å². The van der Waals surface area contributed by atoms with Crippen LogP contribution in [0.15, 0.2) is 84.9 Å². The summed E-state index contributed by atoms with van der Waals surface area (Å²) in [6.45, 7) is 0. The van der Waals surface area contributed by atoms with Crippen LogP contribution in [-0.4, -0.2) is 37.1 Å². The van der Waals surface area contributed by atoms with Crippen molar-refractivity contribution < 1.29 is 49.9 Å². The van der Waals surface area contributed by atoms with Crippen LogP contribution in [0.1, 0.15) is 21.5 Å². The van der Waals surface area contributed by atoms with Gasteiger partial charge in [0.25, 0.3) is 5.91 Å². The standard InChI is InChI=1S/C32H22ClF7N2O4/c1-46-29(44)27(14-17-2-4-18(5-3-17)21-8-12-25(34)24(33)16-21)41-28(43)23-15-20(9-13-26(23)42-30(45)32(38,39)40)19-6-10-22(11-7-19)31(35,36)37/h2-13,15-16,27H,14H2,1H3,(H,41,43)(H,42,45)/t27-/m0/s1. The average Bonchev–Trinajstić information content (AvgIpc) is 3.01. The third-order valence-corrected chi connectivity index (χ3v) is 7.04. The topological polar surface area (TPSA) is 84.5 Å². The van der Waals surface area contributed by atoms with E-state index in [1.165, 1.54) is 24.3 Å². The second-order valence-corrected chi connectivity index (χ2v) is 10.3. The Morgan fingerprint density at radius 2 is 1.33 bits per heavy atom. The van der Waals surface area contributed by atoms with Gasteiger partial charge in [-0.15, -0.1) is 0 Å². The molecule has 2 N–H and O–H groups in total. The van der Waals surface area contributed by atoms with E-state index in [4.69, 9.17) is 16.3 Å². The van der Waals surface area contributed by atoms with Gasteiger partial charge in [-0.1, -0.05) is 60.1 Å². The van der Waals surface area contributed by atoms with Gasteiger partial charge in [0, 0.05) is 6.42 Å². The molecule has 240 valence electrons. The van der Waals surface area contributed by atoms with Crippen LogP contribution in [-0.2, 0) is 26.9 Å². The Balaban J connectivity index is 1.63. The second kappa shape index (κ2) is 13.6. The lowest BCUT2D eigenvalue weighted by Gasteiger charge is -2.19. The summed E-state index contributed by atoms with van der Waals surface area (Å²) in [5.41, 5.74) is 0.0913. The Bertz CT molecular complexity index is 1760. The maximum atomic E-state index is 13.5. The Morgan fingerprint density at radius 3 is 1.87 bits per heavy atom. The van der Waals surface area contributed by atoms with Crippen LogP contribution in [0.25, 0.3) is 22.3 Å². The number of benzene rings is 4. The first kappa shape index (κ1) is 34.0. The highest BCUT2D eigenvalue weighted by atomic mass is 35.5. The molecule has 0 aliphatic rings. The minimum atomic E-state index is -5.31. The molecule has 0 spiro atoms. The van der Waals surface area contributed by atoms with Crippen LogP contribution in [0.5, 0.6) is 0 Å². The highest BCUT2D eigenvalue weighted by molar-refractivity contribution is 6.31. The fourth-order valence-corrected chi connectivity index (χ4v) is 4.56. The minimum Gasteiger partial charge on any atom is -0.467 e. The Morgan fingerprint density at radius 1 is 0.783 bits per heavy atom. The van der Waals surface area contributed by atoms with Gasteiger partial charge >= 0.3 is 24.2 Å². The zero-order chi connectivity index (χ0) is 33.8. The largest absolute Gasteiger partial charge is 0.471 e. The summed E-state index contributed by atoms with van der Waals surface area (Å²) in [5.74, 6) is -4.96. The minimum absolute atomic E-state index is 0.0803. The van der Waals surface area contributed by atoms with E-state index in [1.807, 2.05) is 0 Å². The molecule has 0 aliphatic heterocycles. The quantitative estimate of drug-likeness (QED) is 0.148. The third kappa shape index (κ3) is 8.21. The maximum Gasteiger partial charge on any atom is 0.471 e. The molecule has 6 nitrogen and oxygen atoms in total. The Labute approximate surface area is 262 Å². The van der Waals surface area contributed by atoms with Crippen LogP contribution < -0.4 is 10.6 Å². The van der Waals surface area contributed by atoms with E-state index in [0.717, 1.165) is 43.5 Å². The number of alkyl halides is 6. The number of carbonyl (C=O) groups is 3. The second-order valence-electron chi connectivity index (χ2n) is 9.87. The van der Waals surface area contributed by atoms with Gasteiger partial charge in [-0.05, 0) is 64.2 Å². The monoisotopic (exact) mass is 666 g/mol. The van der Waals surface area contributed by atoms with Gasteiger partial charge in [0.15, 0.2) is 0 Å². The molecule has 4 aromatic carbocycles. The number of methoxy groups -OCH3 is 1. The van der Waals surface area contributed by atoms with E-state index in [9.17, 15) is 45.1 Å². The summed E-state index contributed by atoms with van der Waals surface area (Å²) >= 11 is 5.86. The summed E-state index contributed by atoms with van der Waals surface area (Å²) in [6, 6.07) is 16.4. The number of hydrogen-bond donors (Lipinski definition) is 2. The molecule has 0 saturated carbocycles. The zero-order valence-corrected chi connectivity index (χ0v) is 24.3. The smallest absolute Gasteiger partial charge is 0.467 e. The molecule has 0 bridgehead atoms. The lowest BCUT2D eigenvalue weighted by atomic mass is 9.98. The van der Waals surface area contributed by atoms with Gasteiger partial charge in [0.05, 0.1) is 28.9 Å². The first-order valence-electron chi connectivity index (χ1n) is 13.2. The van der Waals surface area contributed by atoms with Gasteiger partial charge in [-0.2, -0.15) is 26.3 Å². The molecule has 0 fully saturated rings. The lowest BCUT2D eigenvalue weighted by molar-refractivity contribution is -0.167. The molecule has 4 aromatic rings. The molecule has 46 heavy (non-hydrogen) atoms. The summed E-state index contributed by atoms with van der Waals surface area (Å²) in [5, 5.41) is 3.93. The molecule has 0 aliphatic carbocycles. The van der Waals surface area contributed by atoms with Crippen molar-refractivity contribution in [2.24, 2.45) is 0 Å². The van der Waals surface area contributed by atoms with Gasteiger partial charge in [-0.25, -0.2) is 9.18 Å². The average molecular weight is 667 g/mol. The van der Waals surface area contributed by atoms with Crippen LogP contribution >= 0.6 is 11.6 Å². The predicted molar refractivity (Wildman–Crippen MR) is 155 cm³/mol. The maximum absolute atomic E-state index is 13.5. The number of rotatable bonds is 8. The third-order valence-electron chi connectivity index (χ3n) is 6.75. The van der Waals surface area contributed by atoms with Crippen molar-refractivity contribution in [1.82, 2.24) is 5.32 Å². The molecule has 1 atom stereocenters. The summed E-state index contributed by atoms with van der Waals surface area (Å²) < 4.78 is 96.5. The van der Waals surface area contributed by atoms with E-state index in [2.05, 4.69) is 5.32 Å². The summed E-state index contributed by atoms with van der Waals surface area (Å²) in [6.07, 6.45) is -10.1. The summed E-state index contributed by atoms with van der Waals surface area (Å²) in [4.78, 5) is 37.8. The fraction of sp³-hybridized carbons (Fsp3) is 0.156. The van der Waals surface area contributed by atoms with E-state index in [-0.39, 0.29) is 22.6 Å². The molecular formula is C32H22ClF7N2O4. The first-order chi connectivity index (χ1) is 21.6. The van der Waals surface area contributed by atoms with Crippen LogP contribution in [0, 0.1) is 5.82 Å². The van der Waals surface area contributed by atoms with Crippen molar-refractivity contribution in [2.75, 3.05) is 12.4 Å². The van der Waals surface area contributed by atoms with Crippen LogP contribution in [0.2, 0.25) is 5.02 Å². The molecule has 4 rings (SSSR count). The van der Waals surface area contributed by atoms with E-state index in [0.29, 0.717) is 16.7 Å². The first-order valence-corrected chi connectivity index (χ1v) is 13.6. The normalized spacial score (nSPS) is 12.3. The van der Waals surface area contributed by atoms with Crippen molar-refractivity contribution in [3.63, 3.8) is 0 Å². The van der Waals surface area contributed by atoms with Crippen LogP contribution in [0.4, 0.5) is 36.4 Å². The molecule has 14 heteroatoms. The van der Waals surface area contributed by atoms with Gasteiger partial charge in [-0.3, -0.25) is 9.59 Å². The summed E-state index contributed by atoms with van der Waals surface area (Å²) in [7, 11) is 1.06. The van der Waals surface area contributed by atoms with Crippen molar-refractivity contribution in [3.8, 4) is 22.3 Å². The number of esters is 1. The van der Waals surface area contributed by atoms with Crippen molar-refractivity contribution in [3.05, 3.63) is 112 Å². The molecule has 2 amide bonds. The zero-order valence-electron chi connectivity index (χ0n) is 23.5. The van der Waals surface area contributed by atoms with Crippen LogP contribution in [0.3, 0.4) is 0 Å². The SMILES string of the molecule is COC(=O)[C@H](Cc1ccc(-c2ccc(F)c(Cl)c2)cc1)NC(=O)c1cc(-c2ccc(C(F)(F)F)cc2)ccc1NC(=O)C(F)(F)F. The molecule has 0 heterocycles. The van der Waals surface area contributed by atoms with E-state index in [1.54, 1.807) is 29.6 Å². The highest BCUT2D eigenvalue weighted by Crippen LogP contribution is 2.33.